The van der Waals surface area contributed by atoms with E-state index >= 15 is 0 Å². The summed E-state index contributed by atoms with van der Waals surface area (Å²) in [6, 6.07) is 6.93. The first-order valence-corrected chi connectivity index (χ1v) is 7.28. The van der Waals surface area contributed by atoms with Gasteiger partial charge in [-0.15, -0.1) is 0 Å². The van der Waals surface area contributed by atoms with Crippen LogP contribution in [0.5, 0.6) is 0 Å². The number of halogens is 1. The molecular formula is C16H20FN3O. The van der Waals surface area contributed by atoms with E-state index in [1.165, 1.54) is 6.07 Å². The van der Waals surface area contributed by atoms with Crippen LogP contribution in [-0.2, 0) is 11.3 Å². The van der Waals surface area contributed by atoms with Gasteiger partial charge in [-0.2, -0.15) is 0 Å². The Morgan fingerprint density at radius 1 is 1.43 bits per heavy atom. The molecule has 2 aromatic rings. The molecule has 0 amide bonds. The summed E-state index contributed by atoms with van der Waals surface area (Å²) < 4.78 is 19.5. The van der Waals surface area contributed by atoms with Gasteiger partial charge in [-0.1, -0.05) is 6.07 Å². The fourth-order valence-corrected chi connectivity index (χ4v) is 2.84. The topological polar surface area (TPSA) is 37.4 Å². The zero-order valence-electron chi connectivity index (χ0n) is 12.2. The highest BCUT2D eigenvalue weighted by Crippen LogP contribution is 2.21. The molecule has 1 aliphatic heterocycles. The Hall–Kier alpha value is -1.56. The van der Waals surface area contributed by atoms with E-state index in [0.29, 0.717) is 5.39 Å². The van der Waals surface area contributed by atoms with Gasteiger partial charge in [0, 0.05) is 37.8 Å². The summed E-state index contributed by atoms with van der Waals surface area (Å²) in [7, 11) is 1.93. The van der Waals surface area contributed by atoms with E-state index in [9.17, 15) is 4.39 Å². The third-order valence-corrected chi connectivity index (χ3v) is 3.85. The molecule has 0 saturated carbocycles. The molecule has 112 valence electrons. The van der Waals surface area contributed by atoms with Gasteiger partial charge in [0.05, 0.1) is 18.2 Å². The Morgan fingerprint density at radius 2 is 2.33 bits per heavy atom. The van der Waals surface area contributed by atoms with E-state index in [1.807, 2.05) is 13.1 Å². The van der Waals surface area contributed by atoms with Crippen LogP contribution in [0.1, 0.15) is 5.56 Å². The SMILES string of the molecule is CNCC1CN(Cc2ccc(F)c3cccnc23)CCO1. The van der Waals surface area contributed by atoms with Crippen LogP contribution >= 0.6 is 0 Å². The van der Waals surface area contributed by atoms with E-state index < -0.39 is 0 Å². The second kappa shape index (κ2) is 6.47. The van der Waals surface area contributed by atoms with Crippen LogP contribution in [-0.4, -0.2) is 49.3 Å². The molecule has 1 unspecified atom stereocenters. The number of rotatable bonds is 4. The van der Waals surface area contributed by atoms with E-state index in [4.69, 9.17) is 4.74 Å². The van der Waals surface area contributed by atoms with Crippen molar-refractivity contribution in [3.8, 4) is 0 Å². The van der Waals surface area contributed by atoms with Crippen LogP contribution in [0.25, 0.3) is 10.9 Å². The van der Waals surface area contributed by atoms with Gasteiger partial charge < -0.3 is 10.1 Å². The van der Waals surface area contributed by atoms with Gasteiger partial charge in [0.25, 0.3) is 0 Å². The summed E-state index contributed by atoms with van der Waals surface area (Å²) in [6.07, 6.45) is 1.93. The zero-order valence-corrected chi connectivity index (χ0v) is 12.2. The van der Waals surface area contributed by atoms with Gasteiger partial charge >= 0.3 is 0 Å². The minimum absolute atomic E-state index is 0.211. The number of morpholine rings is 1. The number of fused-ring (bicyclic) bond motifs is 1. The van der Waals surface area contributed by atoms with E-state index in [1.54, 1.807) is 18.3 Å². The van der Waals surface area contributed by atoms with Crippen LogP contribution in [0.3, 0.4) is 0 Å². The van der Waals surface area contributed by atoms with Crippen molar-refractivity contribution in [2.45, 2.75) is 12.6 Å². The molecule has 21 heavy (non-hydrogen) atoms. The molecule has 1 saturated heterocycles. The summed E-state index contributed by atoms with van der Waals surface area (Å²) in [5.74, 6) is -0.211. The highest BCUT2D eigenvalue weighted by Gasteiger charge is 2.20. The maximum Gasteiger partial charge on any atom is 0.132 e. The highest BCUT2D eigenvalue weighted by atomic mass is 19.1. The minimum Gasteiger partial charge on any atom is -0.374 e. The largest absolute Gasteiger partial charge is 0.374 e. The minimum atomic E-state index is -0.211. The van der Waals surface area contributed by atoms with Gasteiger partial charge in [0.1, 0.15) is 5.82 Å². The Morgan fingerprint density at radius 3 is 3.19 bits per heavy atom. The smallest absolute Gasteiger partial charge is 0.132 e. The van der Waals surface area contributed by atoms with Gasteiger partial charge in [-0.3, -0.25) is 9.88 Å². The maximum absolute atomic E-state index is 13.8. The van der Waals surface area contributed by atoms with Gasteiger partial charge in [0.15, 0.2) is 0 Å². The van der Waals surface area contributed by atoms with E-state index in [2.05, 4.69) is 15.2 Å². The van der Waals surface area contributed by atoms with Crippen molar-refractivity contribution >= 4 is 10.9 Å². The van der Waals surface area contributed by atoms with Crippen molar-refractivity contribution in [3.63, 3.8) is 0 Å². The third kappa shape index (κ3) is 3.20. The average molecular weight is 289 g/mol. The lowest BCUT2D eigenvalue weighted by molar-refractivity contribution is -0.0290. The lowest BCUT2D eigenvalue weighted by Crippen LogP contribution is -2.45. The highest BCUT2D eigenvalue weighted by molar-refractivity contribution is 5.82. The molecule has 4 nitrogen and oxygen atoms in total. The van der Waals surface area contributed by atoms with Crippen molar-refractivity contribution in [1.29, 1.82) is 0 Å². The maximum atomic E-state index is 13.8. The van der Waals surface area contributed by atoms with E-state index in [0.717, 1.165) is 43.9 Å². The van der Waals surface area contributed by atoms with Gasteiger partial charge in [-0.05, 0) is 30.8 Å². The number of nitrogens with one attached hydrogen (secondary N) is 1. The van der Waals surface area contributed by atoms with Crippen LogP contribution < -0.4 is 5.32 Å². The third-order valence-electron chi connectivity index (χ3n) is 3.85. The number of nitrogens with zero attached hydrogens (tertiary/aromatic N) is 2. The quantitative estimate of drug-likeness (QED) is 0.931. The number of aromatic nitrogens is 1. The first-order valence-electron chi connectivity index (χ1n) is 7.28. The molecule has 0 spiro atoms. The summed E-state index contributed by atoms with van der Waals surface area (Å²) in [5, 5.41) is 3.74. The predicted octanol–water partition coefficient (Wildman–Crippen LogP) is 1.79. The van der Waals surface area contributed by atoms with E-state index in [-0.39, 0.29) is 11.9 Å². The molecule has 1 aliphatic rings. The second-order valence-corrected chi connectivity index (χ2v) is 5.39. The first kappa shape index (κ1) is 14.4. The molecule has 1 aromatic heterocycles. The number of benzene rings is 1. The van der Waals surface area contributed by atoms with Crippen LogP contribution in [0.2, 0.25) is 0 Å². The predicted molar refractivity (Wildman–Crippen MR) is 80.6 cm³/mol. The zero-order chi connectivity index (χ0) is 14.7. The van der Waals surface area contributed by atoms with Crippen molar-refractivity contribution in [3.05, 3.63) is 41.8 Å². The van der Waals surface area contributed by atoms with Crippen molar-refractivity contribution in [1.82, 2.24) is 15.2 Å². The number of hydrogen-bond acceptors (Lipinski definition) is 4. The average Bonchev–Trinajstić information content (AvgIpc) is 2.51. The molecule has 1 aromatic carbocycles. The fraction of sp³-hybridized carbons (Fsp3) is 0.438. The van der Waals surface area contributed by atoms with Crippen LogP contribution in [0.15, 0.2) is 30.5 Å². The second-order valence-electron chi connectivity index (χ2n) is 5.39. The van der Waals surface area contributed by atoms with Gasteiger partial charge in [-0.25, -0.2) is 4.39 Å². The number of hydrogen-bond donors (Lipinski definition) is 1. The Labute approximate surface area is 123 Å². The Kier molecular flexibility index (Phi) is 4.43. The summed E-state index contributed by atoms with van der Waals surface area (Å²) in [5.41, 5.74) is 1.83. The molecule has 3 rings (SSSR count). The number of ether oxygens (including phenoxy) is 1. The molecule has 0 radical (unpaired) electrons. The molecular weight excluding hydrogens is 269 g/mol. The number of likely N-dealkylation sites (N-methyl/N-ethyl adjacent to an activating group) is 1. The monoisotopic (exact) mass is 289 g/mol. The first-order chi connectivity index (χ1) is 10.3. The summed E-state index contributed by atoms with van der Waals surface area (Å²) >= 11 is 0. The van der Waals surface area contributed by atoms with Crippen molar-refractivity contribution < 1.29 is 9.13 Å². The Balaban J connectivity index is 1.80. The molecule has 1 fully saturated rings. The molecule has 1 atom stereocenters. The summed E-state index contributed by atoms with van der Waals surface area (Å²) in [6.45, 7) is 4.13. The molecule has 2 heterocycles. The fourth-order valence-electron chi connectivity index (χ4n) is 2.84. The number of pyridine rings is 1. The standard InChI is InChI=1S/C16H20FN3O/c1-18-9-13-11-20(7-8-21-13)10-12-4-5-15(17)14-3-2-6-19-16(12)14/h2-6,13,18H,7-11H2,1H3. The lowest BCUT2D eigenvalue weighted by Gasteiger charge is -2.33. The van der Waals surface area contributed by atoms with Crippen molar-refractivity contribution in [2.75, 3.05) is 33.3 Å². The van der Waals surface area contributed by atoms with Crippen LogP contribution in [0, 0.1) is 5.82 Å². The Bertz CT molecular complexity index is 617. The molecule has 1 N–H and O–H groups in total. The van der Waals surface area contributed by atoms with Crippen LogP contribution in [0.4, 0.5) is 4.39 Å². The van der Waals surface area contributed by atoms with Gasteiger partial charge in [0.2, 0.25) is 0 Å². The normalized spacial score (nSPS) is 20.0. The molecule has 0 aliphatic carbocycles. The van der Waals surface area contributed by atoms with Crippen molar-refractivity contribution in [2.24, 2.45) is 0 Å². The summed E-state index contributed by atoms with van der Waals surface area (Å²) in [4.78, 5) is 6.69. The molecule has 5 heteroatoms. The lowest BCUT2D eigenvalue weighted by atomic mass is 10.1. The molecule has 0 bridgehead atoms.